The Morgan fingerprint density at radius 1 is 1.48 bits per heavy atom. The van der Waals surface area contributed by atoms with Gasteiger partial charge in [0, 0.05) is 24.7 Å². The molecule has 118 valence electrons. The molecule has 0 saturated carbocycles. The Balaban J connectivity index is 0.00000400. The van der Waals surface area contributed by atoms with Gasteiger partial charge < -0.3 is 10.6 Å². The lowest BCUT2D eigenvalue weighted by molar-refractivity contribution is -0.385. The lowest BCUT2D eigenvalue weighted by Gasteiger charge is -2.29. The van der Waals surface area contributed by atoms with Crippen LogP contribution in [0.25, 0.3) is 0 Å². The minimum Gasteiger partial charge on any atom is -0.341 e. The molecule has 0 spiro atoms. The van der Waals surface area contributed by atoms with Crippen LogP contribution in [0.15, 0.2) is 18.2 Å². The molecule has 1 aromatic carbocycles. The topological polar surface area (TPSA) is 89.5 Å². The maximum atomic E-state index is 12.3. The van der Waals surface area contributed by atoms with Gasteiger partial charge in [0.15, 0.2) is 0 Å². The summed E-state index contributed by atoms with van der Waals surface area (Å²) in [6.07, 6.45) is 0. The Kier molecular flexibility index (Phi) is 7.09. The molecule has 0 bridgehead atoms. The molecule has 6 nitrogen and oxygen atoms in total. The van der Waals surface area contributed by atoms with E-state index in [2.05, 4.69) is 0 Å². The van der Waals surface area contributed by atoms with E-state index >= 15 is 0 Å². The minimum absolute atomic E-state index is 0. The Labute approximate surface area is 134 Å². The summed E-state index contributed by atoms with van der Waals surface area (Å²) >= 11 is 5.73. The van der Waals surface area contributed by atoms with Gasteiger partial charge in [0.05, 0.1) is 4.92 Å². The number of nitro groups is 1. The predicted octanol–water partition coefficient (Wildman–Crippen LogP) is 2.73. The highest BCUT2D eigenvalue weighted by Crippen LogP contribution is 2.25. The normalized spacial score (nSPS) is 10.7. The van der Waals surface area contributed by atoms with Crippen LogP contribution in [0, 0.1) is 15.5 Å². The summed E-state index contributed by atoms with van der Waals surface area (Å²) in [5.41, 5.74) is 5.10. The van der Waals surface area contributed by atoms with Crippen LogP contribution >= 0.6 is 24.0 Å². The van der Waals surface area contributed by atoms with E-state index in [1.54, 1.807) is 7.05 Å². The molecule has 0 aliphatic heterocycles. The summed E-state index contributed by atoms with van der Waals surface area (Å²) in [4.78, 5) is 24.1. The molecule has 1 aromatic rings. The molecular weight excluding hydrogens is 317 g/mol. The SMILES string of the molecule is CN(CC(C)(C)CN)C(=O)c1ccc(Cl)cc1[N+](=O)[O-].Cl. The van der Waals surface area contributed by atoms with Crippen molar-refractivity contribution in [3.05, 3.63) is 38.9 Å². The standard InChI is InChI=1S/C13H18ClN3O3.ClH/c1-13(2,7-15)8-16(3)12(18)10-5-4-9(14)6-11(10)17(19)20;/h4-6H,7-8,15H2,1-3H3;1H. The van der Waals surface area contributed by atoms with Gasteiger partial charge in [0.1, 0.15) is 5.56 Å². The Bertz CT molecular complexity index is 535. The van der Waals surface area contributed by atoms with Crippen molar-refractivity contribution in [1.29, 1.82) is 0 Å². The summed E-state index contributed by atoms with van der Waals surface area (Å²) in [6, 6.07) is 4.01. The summed E-state index contributed by atoms with van der Waals surface area (Å²) in [5, 5.41) is 11.2. The number of nitrogens with zero attached hydrogens (tertiary/aromatic N) is 2. The molecule has 0 aliphatic carbocycles. The van der Waals surface area contributed by atoms with Gasteiger partial charge in [-0.15, -0.1) is 12.4 Å². The summed E-state index contributed by atoms with van der Waals surface area (Å²) in [6.45, 7) is 4.66. The Hall–Kier alpha value is -1.37. The lowest BCUT2D eigenvalue weighted by atomic mass is 9.93. The fourth-order valence-electron chi connectivity index (χ4n) is 1.82. The average molecular weight is 336 g/mol. The van der Waals surface area contributed by atoms with E-state index in [1.165, 1.54) is 23.1 Å². The number of amides is 1. The maximum Gasteiger partial charge on any atom is 0.283 e. The third-order valence-electron chi connectivity index (χ3n) is 2.95. The van der Waals surface area contributed by atoms with Gasteiger partial charge in [-0.05, 0) is 24.1 Å². The number of nitrogens with two attached hydrogens (primary N) is 1. The third kappa shape index (κ3) is 5.15. The van der Waals surface area contributed by atoms with E-state index in [1.807, 2.05) is 13.8 Å². The van der Waals surface area contributed by atoms with Crippen LogP contribution in [0.1, 0.15) is 24.2 Å². The molecular formula is C13H19Cl2N3O3. The van der Waals surface area contributed by atoms with Crippen molar-refractivity contribution in [2.75, 3.05) is 20.1 Å². The second kappa shape index (κ2) is 7.59. The fourth-order valence-corrected chi connectivity index (χ4v) is 1.99. The zero-order valence-corrected chi connectivity index (χ0v) is 13.7. The molecule has 21 heavy (non-hydrogen) atoms. The first kappa shape index (κ1) is 19.6. The van der Waals surface area contributed by atoms with Crippen molar-refractivity contribution in [1.82, 2.24) is 4.90 Å². The monoisotopic (exact) mass is 335 g/mol. The van der Waals surface area contributed by atoms with E-state index in [9.17, 15) is 14.9 Å². The zero-order chi connectivity index (χ0) is 15.5. The molecule has 8 heteroatoms. The van der Waals surface area contributed by atoms with Crippen LogP contribution in [-0.2, 0) is 0 Å². The number of hydrogen-bond donors (Lipinski definition) is 1. The molecule has 0 unspecified atom stereocenters. The van der Waals surface area contributed by atoms with Gasteiger partial charge in [-0.3, -0.25) is 14.9 Å². The van der Waals surface area contributed by atoms with Gasteiger partial charge in [-0.1, -0.05) is 25.4 Å². The molecule has 0 aliphatic rings. The van der Waals surface area contributed by atoms with E-state index < -0.39 is 10.8 Å². The van der Waals surface area contributed by atoms with Crippen molar-refractivity contribution in [3.63, 3.8) is 0 Å². The van der Waals surface area contributed by atoms with Crippen LogP contribution in [0.3, 0.4) is 0 Å². The predicted molar refractivity (Wildman–Crippen MR) is 85.2 cm³/mol. The van der Waals surface area contributed by atoms with Crippen molar-refractivity contribution in [3.8, 4) is 0 Å². The summed E-state index contributed by atoms with van der Waals surface area (Å²) < 4.78 is 0. The van der Waals surface area contributed by atoms with Crippen LogP contribution < -0.4 is 5.73 Å². The molecule has 1 rings (SSSR count). The van der Waals surface area contributed by atoms with Gasteiger partial charge in [-0.25, -0.2) is 0 Å². The van der Waals surface area contributed by atoms with Gasteiger partial charge in [0.25, 0.3) is 11.6 Å². The number of rotatable bonds is 5. The van der Waals surface area contributed by atoms with Gasteiger partial charge in [0.2, 0.25) is 0 Å². The number of carbonyl (C=O) groups excluding carboxylic acids is 1. The highest BCUT2D eigenvalue weighted by atomic mass is 35.5. The largest absolute Gasteiger partial charge is 0.341 e. The fraction of sp³-hybridized carbons (Fsp3) is 0.462. The first-order valence-corrected chi connectivity index (χ1v) is 6.45. The zero-order valence-electron chi connectivity index (χ0n) is 12.1. The minimum atomic E-state index is -0.610. The van der Waals surface area contributed by atoms with E-state index in [0.29, 0.717) is 13.1 Å². The van der Waals surface area contributed by atoms with Crippen LogP contribution in [0.2, 0.25) is 5.02 Å². The smallest absolute Gasteiger partial charge is 0.283 e. The summed E-state index contributed by atoms with van der Waals surface area (Å²) in [5.74, 6) is -0.421. The molecule has 0 heterocycles. The van der Waals surface area contributed by atoms with E-state index in [4.69, 9.17) is 17.3 Å². The lowest BCUT2D eigenvalue weighted by Crippen LogP contribution is -2.39. The third-order valence-corrected chi connectivity index (χ3v) is 3.19. The molecule has 0 saturated heterocycles. The van der Waals surface area contributed by atoms with Gasteiger partial charge >= 0.3 is 0 Å². The van der Waals surface area contributed by atoms with Crippen molar-refractivity contribution < 1.29 is 9.72 Å². The molecule has 1 amide bonds. The number of benzene rings is 1. The van der Waals surface area contributed by atoms with Gasteiger partial charge in [-0.2, -0.15) is 0 Å². The first-order chi connectivity index (χ1) is 9.18. The molecule has 2 N–H and O–H groups in total. The highest BCUT2D eigenvalue weighted by molar-refractivity contribution is 6.31. The first-order valence-electron chi connectivity index (χ1n) is 6.07. The second-order valence-corrected chi connectivity index (χ2v) is 5.88. The van der Waals surface area contributed by atoms with Crippen molar-refractivity contribution in [2.45, 2.75) is 13.8 Å². The average Bonchev–Trinajstić information content (AvgIpc) is 2.37. The number of hydrogen-bond acceptors (Lipinski definition) is 4. The Morgan fingerprint density at radius 3 is 2.52 bits per heavy atom. The second-order valence-electron chi connectivity index (χ2n) is 5.45. The maximum absolute atomic E-state index is 12.3. The molecule has 0 radical (unpaired) electrons. The van der Waals surface area contributed by atoms with Crippen LogP contribution in [0.4, 0.5) is 5.69 Å². The van der Waals surface area contributed by atoms with Crippen LogP contribution in [-0.4, -0.2) is 35.9 Å². The molecule has 0 atom stereocenters. The number of halogens is 2. The Morgan fingerprint density at radius 2 is 2.05 bits per heavy atom. The highest BCUT2D eigenvalue weighted by Gasteiger charge is 2.26. The quantitative estimate of drug-likeness (QED) is 0.661. The van der Waals surface area contributed by atoms with E-state index in [0.717, 1.165) is 0 Å². The van der Waals surface area contributed by atoms with Crippen molar-refractivity contribution >= 4 is 35.6 Å². The van der Waals surface area contributed by atoms with Crippen molar-refractivity contribution in [2.24, 2.45) is 11.1 Å². The summed E-state index contributed by atoms with van der Waals surface area (Å²) in [7, 11) is 1.60. The van der Waals surface area contributed by atoms with Crippen LogP contribution in [0.5, 0.6) is 0 Å². The number of nitro benzene ring substituents is 1. The molecule has 0 fully saturated rings. The molecule has 0 aromatic heterocycles. The van der Waals surface area contributed by atoms with E-state index in [-0.39, 0.29) is 34.1 Å². The number of carbonyl (C=O) groups is 1.